The van der Waals surface area contributed by atoms with Crippen LogP contribution in [0, 0.1) is 22.0 Å². The molecule has 2 aromatic carbocycles. The predicted molar refractivity (Wildman–Crippen MR) is 124 cm³/mol. The summed E-state index contributed by atoms with van der Waals surface area (Å²) in [5, 5.41) is 12.6. The van der Waals surface area contributed by atoms with Crippen LogP contribution in [-0.4, -0.2) is 40.9 Å². The molecule has 2 heterocycles. The molecule has 7 nitrogen and oxygen atoms in total. The SMILES string of the molecule is COc1cccc(C23CCN(C(=O)C4CC4)CC2Cc2c([nH]c4c([N+](=O)[O-])cccc24)C3)c1. The third-order valence-corrected chi connectivity index (χ3v) is 8.08. The Labute approximate surface area is 191 Å². The van der Waals surface area contributed by atoms with Gasteiger partial charge in [0.2, 0.25) is 5.91 Å². The third kappa shape index (κ3) is 3.13. The maximum Gasteiger partial charge on any atom is 0.293 e. The van der Waals surface area contributed by atoms with Gasteiger partial charge in [-0.05, 0) is 61.3 Å². The van der Waals surface area contributed by atoms with E-state index in [1.807, 2.05) is 18.2 Å². The summed E-state index contributed by atoms with van der Waals surface area (Å²) in [7, 11) is 1.68. The number of carbonyl (C=O) groups excluding carboxylic acids is 1. The second-order valence-electron chi connectivity index (χ2n) is 9.81. The Morgan fingerprint density at radius 2 is 2.06 bits per heavy atom. The van der Waals surface area contributed by atoms with E-state index >= 15 is 0 Å². The quantitative estimate of drug-likeness (QED) is 0.477. The maximum atomic E-state index is 12.9. The molecule has 0 radical (unpaired) electrons. The number of nitro groups is 1. The molecule has 0 spiro atoms. The number of H-pyrrole nitrogens is 1. The molecule has 3 aromatic rings. The van der Waals surface area contributed by atoms with Crippen molar-refractivity contribution < 1.29 is 14.5 Å². The first-order chi connectivity index (χ1) is 16.0. The summed E-state index contributed by atoms with van der Waals surface area (Å²) in [6, 6.07) is 13.6. The lowest BCUT2D eigenvalue weighted by molar-refractivity contribution is -0.383. The first-order valence-corrected chi connectivity index (χ1v) is 11.7. The number of benzene rings is 2. The van der Waals surface area contributed by atoms with E-state index in [2.05, 4.69) is 22.0 Å². The van der Waals surface area contributed by atoms with Crippen molar-refractivity contribution in [3.63, 3.8) is 0 Å². The number of nitrogens with one attached hydrogen (secondary N) is 1. The van der Waals surface area contributed by atoms with Crippen molar-refractivity contribution in [2.45, 2.75) is 37.5 Å². The number of amides is 1. The molecular weight excluding hydrogens is 418 g/mol. The minimum atomic E-state index is -0.314. The molecule has 1 amide bonds. The fourth-order valence-electron chi connectivity index (χ4n) is 6.18. The number of aromatic amines is 1. The lowest BCUT2D eigenvalue weighted by Gasteiger charge is -2.51. The zero-order valence-corrected chi connectivity index (χ0v) is 18.7. The average Bonchev–Trinajstić information content (AvgIpc) is 3.63. The van der Waals surface area contributed by atoms with E-state index in [4.69, 9.17) is 4.74 Å². The number of piperidine rings is 1. The van der Waals surface area contributed by atoms with Gasteiger partial charge in [-0.3, -0.25) is 14.9 Å². The molecule has 1 saturated carbocycles. The lowest BCUT2D eigenvalue weighted by atomic mass is 9.58. The monoisotopic (exact) mass is 445 g/mol. The number of rotatable bonds is 4. The average molecular weight is 446 g/mol. The highest BCUT2D eigenvalue weighted by molar-refractivity contribution is 5.92. The van der Waals surface area contributed by atoms with Crippen LogP contribution in [0.2, 0.25) is 0 Å². The van der Waals surface area contributed by atoms with Crippen LogP contribution in [-0.2, 0) is 23.1 Å². The van der Waals surface area contributed by atoms with Gasteiger partial charge in [-0.15, -0.1) is 0 Å². The Hall–Kier alpha value is -3.35. The molecule has 7 heteroatoms. The molecule has 33 heavy (non-hydrogen) atoms. The van der Waals surface area contributed by atoms with Crippen molar-refractivity contribution >= 4 is 22.5 Å². The number of nitro benzene ring substituents is 1. The summed E-state index contributed by atoms with van der Waals surface area (Å²) in [5.41, 5.74) is 4.06. The van der Waals surface area contributed by atoms with E-state index in [-0.39, 0.29) is 27.9 Å². The number of nitrogens with zero attached hydrogens (tertiary/aromatic N) is 2. The summed E-state index contributed by atoms with van der Waals surface area (Å²) >= 11 is 0. The molecule has 2 aliphatic carbocycles. The molecule has 1 aliphatic heterocycles. The second-order valence-corrected chi connectivity index (χ2v) is 9.81. The molecule has 170 valence electrons. The van der Waals surface area contributed by atoms with Gasteiger partial charge >= 0.3 is 0 Å². The number of fused-ring (bicyclic) bond motifs is 4. The van der Waals surface area contributed by atoms with Crippen molar-refractivity contribution in [2.75, 3.05) is 20.2 Å². The van der Waals surface area contributed by atoms with Gasteiger partial charge in [0, 0.05) is 41.6 Å². The normalized spacial score (nSPS) is 24.3. The zero-order valence-electron chi connectivity index (χ0n) is 18.7. The van der Waals surface area contributed by atoms with Crippen molar-refractivity contribution in [1.82, 2.24) is 9.88 Å². The number of hydrogen-bond donors (Lipinski definition) is 1. The van der Waals surface area contributed by atoms with Crippen LogP contribution < -0.4 is 4.74 Å². The fourth-order valence-corrected chi connectivity index (χ4v) is 6.18. The van der Waals surface area contributed by atoms with Gasteiger partial charge in [-0.1, -0.05) is 24.3 Å². The van der Waals surface area contributed by atoms with Crippen LogP contribution in [0.15, 0.2) is 42.5 Å². The summed E-state index contributed by atoms with van der Waals surface area (Å²) in [5.74, 6) is 1.58. The van der Waals surface area contributed by atoms with Crippen molar-refractivity contribution in [2.24, 2.45) is 11.8 Å². The summed E-state index contributed by atoms with van der Waals surface area (Å²) in [6.07, 6.45) is 4.47. The number of carbonyl (C=O) groups is 1. The smallest absolute Gasteiger partial charge is 0.293 e. The Morgan fingerprint density at radius 1 is 1.24 bits per heavy atom. The summed E-state index contributed by atoms with van der Waals surface area (Å²) in [6.45, 7) is 1.48. The maximum absolute atomic E-state index is 12.9. The molecule has 0 bridgehead atoms. The van der Waals surface area contributed by atoms with Gasteiger partial charge in [0.15, 0.2) is 0 Å². The second kappa shape index (κ2) is 7.33. The number of methoxy groups -OCH3 is 1. The lowest BCUT2D eigenvalue weighted by Crippen LogP contribution is -2.55. The third-order valence-electron chi connectivity index (χ3n) is 8.08. The Morgan fingerprint density at radius 3 is 2.82 bits per heavy atom. The van der Waals surface area contributed by atoms with Gasteiger partial charge in [0.05, 0.1) is 12.0 Å². The van der Waals surface area contributed by atoms with E-state index in [9.17, 15) is 14.9 Å². The number of hydrogen-bond acceptors (Lipinski definition) is 4. The summed E-state index contributed by atoms with van der Waals surface area (Å²) in [4.78, 5) is 29.8. The van der Waals surface area contributed by atoms with Crippen LogP contribution in [0.25, 0.3) is 10.9 Å². The largest absolute Gasteiger partial charge is 0.497 e. The predicted octanol–water partition coefficient (Wildman–Crippen LogP) is 4.38. The minimum absolute atomic E-state index is 0.117. The Balaban J connectivity index is 1.47. The number of likely N-dealkylation sites (tertiary alicyclic amines) is 1. The number of non-ortho nitro benzene ring substituents is 1. The highest BCUT2D eigenvalue weighted by Crippen LogP contribution is 2.50. The Bertz CT molecular complexity index is 1280. The van der Waals surface area contributed by atoms with Crippen molar-refractivity contribution in [3.8, 4) is 5.75 Å². The first-order valence-electron chi connectivity index (χ1n) is 11.7. The topological polar surface area (TPSA) is 88.5 Å². The van der Waals surface area contributed by atoms with Crippen molar-refractivity contribution in [3.05, 3.63) is 69.4 Å². The van der Waals surface area contributed by atoms with Crippen LogP contribution in [0.3, 0.4) is 0 Å². The van der Waals surface area contributed by atoms with E-state index in [0.717, 1.165) is 67.6 Å². The zero-order chi connectivity index (χ0) is 22.7. The number of para-hydroxylation sites is 1. The molecule has 2 fully saturated rings. The van der Waals surface area contributed by atoms with Gasteiger partial charge < -0.3 is 14.6 Å². The van der Waals surface area contributed by atoms with Crippen LogP contribution in [0.5, 0.6) is 5.75 Å². The highest BCUT2D eigenvalue weighted by atomic mass is 16.6. The van der Waals surface area contributed by atoms with Crippen LogP contribution >= 0.6 is 0 Å². The van der Waals surface area contributed by atoms with Gasteiger partial charge in [-0.2, -0.15) is 0 Å². The fraction of sp³-hybridized carbons (Fsp3) is 0.423. The molecule has 2 unspecified atom stereocenters. The molecule has 1 N–H and O–H groups in total. The molecule has 1 aromatic heterocycles. The van der Waals surface area contributed by atoms with E-state index in [1.165, 1.54) is 5.56 Å². The van der Waals surface area contributed by atoms with Gasteiger partial charge in [0.25, 0.3) is 5.69 Å². The molecule has 2 atom stereocenters. The number of aromatic nitrogens is 1. The Kier molecular flexibility index (Phi) is 4.50. The molecule has 1 saturated heterocycles. The van der Waals surface area contributed by atoms with Crippen LogP contribution in [0.1, 0.15) is 36.1 Å². The minimum Gasteiger partial charge on any atom is -0.497 e. The molecular formula is C26H27N3O4. The van der Waals surface area contributed by atoms with E-state index in [0.29, 0.717) is 11.4 Å². The molecule has 6 rings (SSSR count). The molecule has 3 aliphatic rings. The van der Waals surface area contributed by atoms with Crippen molar-refractivity contribution in [1.29, 1.82) is 0 Å². The van der Waals surface area contributed by atoms with Gasteiger partial charge in [0.1, 0.15) is 11.3 Å². The van der Waals surface area contributed by atoms with Crippen LogP contribution in [0.4, 0.5) is 5.69 Å². The highest BCUT2D eigenvalue weighted by Gasteiger charge is 2.50. The summed E-state index contributed by atoms with van der Waals surface area (Å²) < 4.78 is 5.53. The van der Waals surface area contributed by atoms with E-state index in [1.54, 1.807) is 19.2 Å². The number of ether oxygens (including phenoxy) is 1. The van der Waals surface area contributed by atoms with Gasteiger partial charge in [-0.25, -0.2) is 0 Å². The van der Waals surface area contributed by atoms with E-state index < -0.39 is 0 Å². The standard InChI is InChI=1S/C26H27N3O4/c1-33-19-5-2-4-17(12-19)26-10-11-28(25(30)16-8-9-16)15-18(26)13-21-20-6-3-7-23(29(31)32)24(20)27-22(21)14-26/h2-7,12,16,18,27H,8-11,13-15H2,1H3. The first kappa shape index (κ1) is 20.3.